The van der Waals surface area contributed by atoms with Gasteiger partial charge in [-0.05, 0) is 74.7 Å². The summed E-state index contributed by atoms with van der Waals surface area (Å²) in [7, 11) is 1.45. The number of ether oxygens (including phenoxy) is 1. The highest BCUT2D eigenvalue weighted by atomic mass is 35.5. The summed E-state index contributed by atoms with van der Waals surface area (Å²) in [5.41, 5.74) is 5.92. The summed E-state index contributed by atoms with van der Waals surface area (Å²) in [5, 5.41) is 12.9. The van der Waals surface area contributed by atoms with Gasteiger partial charge in [0.15, 0.2) is 0 Å². The van der Waals surface area contributed by atoms with E-state index in [2.05, 4.69) is 4.98 Å². The molecule has 0 aliphatic carbocycles. The quantitative estimate of drug-likeness (QED) is 0.180. The Balaban J connectivity index is 1.87. The molecule has 0 radical (unpaired) electrons. The second-order valence-electron chi connectivity index (χ2n) is 9.55. The third-order valence-electron chi connectivity index (χ3n) is 6.79. The molecule has 1 aromatic heterocycles. The molecule has 1 fully saturated rings. The van der Waals surface area contributed by atoms with Gasteiger partial charge in [0, 0.05) is 27.8 Å². The van der Waals surface area contributed by atoms with E-state index < -0.39 is 17.7 Å². The molecule has 0 spiro atoms. The van der Waals surface area contributed by atoms with E-state index >= 15 is 0 Å². The molecule has 1 atom stereocenters. The Morgan fingerprint density at radius 3 is 2.30 bits per heavy atom. The van der Waals surface area contributed by atoms with Crippen molar-refractivity contribution in [3.63, 3.8) is 0 Å². The van der Waals surface area contributed by atoms with Crippen LogP contribution < -0.4 is 9.64 Å². The molecule has 2 N–H and O–H groups in total. The molecule has 0 bridgehead atoms. The molecule has 1 unspecified atom stereocenters. The van der Waals surface area contributed by atoms with Crippen molar-refractivity contribution in [1.29, 1.82) is 0 Å². The number of aliphatic hydroxyl groups is 1. The Labute approximate surface area is 220 Å². The third-order valence-corrected chi connectivity index (χ3v) is 7.07. The first-order chi connectivity index (χ1) is 17.6. The average molecular weight is 515 g/mol. The number of benzene rings is 3. The SMILES string of the molecule is COc1c(Cl)cc(C)cc1/C(O)=C1\C(=O)C(=O)N(c2cc(C)cc(C)c2)C1c1c(C)[nH]c2ccccc12. The Hall–Kier alpha value is -4.03. The van der Waals surface area contributed by atoms with Gasteiger partial charge >= 0.3 is 0 Å². The zero-order valence-corrected chi connectivity index (χ0v) is 22.0. The molecule has 1 amide bonds. The number of nitrogens with one attached hydrogen (secondary N) is 1. The first-order valence-electron chi connectivity index (χ1n) is 11.9. The first kappa shape index (κ1) is 24.7. The van der Waals surface area contributed by atoms with Gasteiger partial charge in [-0.15, -0.1) is 0 Å². The highest BCUT2D eigenvalue weighted by Crippen LogP contribution is 2.47. The van der Waals surface area contributed by atoms with Crippen LogP contribution in [0.2, 0.25) is 5.02 Å². The zero-order chi connectivity index (χ0) is 26.6. The monoisotopic (exact) mass is 514 g/mol. The second-order valence-corrected chi connectivity index (χ2v) is 9.96. The number of hydrogen-bond acceptors (Lipinski definition) is 4. The van der Waals surface area contributed by atoms with Crippen LogP contribution in [-0.4, -0.2) is 28.9 Å². The van der Waals surface area contributed by atoms with Crippen molar-refractivity contribution in [1.82, 2.24) is 4.98 Å². The van der Waals surface area contributed by atoms with Crippen LogP contribution in [0.15, 0.2) is 60.2 Å². The number of Topliss-reactive ketones (excluding diaryl/α,β-unsaturated/α-hetero) is 1. The molecule has 0 saturated carbocycles. The summed E-state index contributed by atoms with van der Waals surface area (Å²) in [6, 6.07) is 16.0. The minimum absolute atomic E-state index is 0.0167. The van der Waals surface area contributed by atoms with Gasteiger partial charge in [0.05, 0.1) is 29.3 Å². The maximum Gasteiger partial charge on any atom is 0.300 e. The van der Waals surface area contributed by atoms with Crippen LogP contribution in [0.1, 0.15) is 39.6 Å². The first-order valence-corrected chi connectivity index (χ1v) is 12.3. The van der Waals surface area contributed by atoms with Crippen LogP contribution in [0.3, 0.4) is 0 Å². The number of hydrogen-bond donors (Lipinski definition) is 2. The molecule has 5 rings (SSSR count). The molecular formula is C30H27ClN2O4. The van der Waals surface area contributed by atoms with E-state index in [1.165, 1.54) is 12.0 Å². The lowest BCUT2D eigenvalue weighted by Gasteiger charge is -2.26. The predicted octanol–water partition coefficient (Wildman–Crippen LogP) is 6.69. The van der Waals surface area contributed by atoms with Crippen LogP contribution in [-0.2, 0) is 9.59 Å². The number of aromatic nitrogens is 1. The summed E-state index contributed by atoms with van der Waals surface area (Å²) in [4.78, 5) is 32.2. The van der Waals surface area contributed by atoms with Gasteiger partial charge in [-0.1, -0.05) is 35.9 Å². The summed E-state index contributed by atoms with van der Waals surface area (Å²) in [5.74, 6) is -1.58. The van der Waals surface area contributed by atoms with E-state index in [-0.39, 0.29) is 22.6 Å². The lowest BCUT2D eigenvalue weighted by molar-refractivity contribution is -0.132. The maximum atomic E-state index is 13.7. The molecule has 1 aliphatic heterocycles. The van der Waals surface area contributed by atoms with Crippen molar-refractivity contribution in [2.45, 2.75) is 33.7 Å². The lowest BCUT2D eigenvalue weighted by Crippen LogP contribution is -2.29. The fourth-order valence-corrected chi connectivity index (χ4v) is 5.72. The Kier molecular flexibility index (Phi) is 6.08. The van der Waals surface area contributed by atoms with Crippen LogP contribution in [0.25, 0.3) is 16.7 Å². The number of methoxy groups -OCH3 is 1. The van der Waals surface area contributed by atoms with Crippen molar-refractivity contribution in [2.75, 3.05) is 12.0 Å². The van der Waals surface area contributed by atoms with Crippen LogP contribution in [0, 0.1) is 27.7 Å². The largest absolute Gasteiger partial charge is 0.507 e. The van der Waals surface area contributed by atoms with E-state index in [1.54, 1.807) is 12.1 Å². The zero-order valence-electron chi connectivity index (χ0n) is 21.3. The number of anilines is 1. The predicted molar refractivity (Wildman–Crippen MR) is 146 cm³/mol. The molecule has 3 aromatic carbocycles. The van der Waals surface area contributed by atoms with Crippen molar-refractivity contribution < 1.29 is 19.4 Å². The second kappa shape index (κ2) is 9.12. The van der Waals surface area contributed by atoms with Gasteiger partial charge in [-0.2, -0.15) is 0 Å². The number of nitrogens with zero attached hydrogens (tertiary/aromatic N) is 1. The fraction of sp³-hybridized carbons (Fsp3) is 0.200. The van der Waals surface area contributed by atoms with E-state index in [0.717, 1.165) is 38.9 Å². The number of H-pyrrole nitrogens is 1. The highest BCUT2D eigenvalue weighted by molar-refractivity contribution is 6.52. The number of aliphatic hydroxyl groups excluding tert-OH is 1. The molecular weight excluding hydrogens is 488 g/mol. The minimum atomic E-state index is -0.874. The number of fused-ring (bicyclic) bond motifs is 1. The smallest absolute Gasteiger partial charge is 0.300 e. The topological polar surface area (TPSA) is 82.6 Å². The summed E-state index contributed by atoms with van der Waals surface area (Å²) in [6.07, 6.45) is 0. The maximum absolute atomic E-state index is 13.7. The van der Waals surface area contributed by atoms with Gasteiger partial charge in [-0.3, -0.25) is 14.5 Å². The van der Waals surface area contributed by atoms with Gasteiger partial charge in [0.2, 0.25) is 0 Å². The number of aromatic amines is 1. The number of amides is 1. The Morgan fingerprint density at radius 1 is 0.973 bits per heavy atom. The highest BCUT2D eigenvalue weighted by Gasteiger charge is 2.48. The number of ketones is 1. The minimum Gasteiger partial charge on any atom is -0.507 e. The molecule has 6 nitrogen and oxygen atoms in total. The normalized spacial score (nSPS) is 17.1. The molecule has 37 heavy (non-hydrogen) atoms. The van der Waals surface area contributed by atoms with Gasteiger partial charge in [0.25, 0.3) is 11.7 Å². The summed E-state index contributed by atoms with van der Waals surface area (Å²) in [6.45, 7) is 7.62. The van der Waals surface area contributed by atoms with E-state index in [9.17, 15) is 14.7 Å². The van der Waals surface area contributed by atoms with Crippen molar-refractivity contribution >= 4 is 45.6 Å². The van der Waals surface area contributed by atoms with E-state index in [0.29, 0.717) is 10.7 Å². The number of para-hydroxylation sites is 1. The summed E-state index contributed by atoms with van der Waals surface area (Å²) >= 11 is 6.42. The van der Waals surface area contributed by atoms with Crippen molar-refractivity contribution in [2.24, 2.45) is 0 Å². The molecule has 2 heterocycles. The number of carbonyl (C=O) groups excluding carboxylic acids is 2. The van der Waals surface area contributed by atoms with Crippen LogP contribution >= 0.6 is 11.6 Å². The number of rotatable bonds is 4. The van der Waals surface area contributed by atoms with Crippen LogP contribution in [0.4, 0.5) is 5.69 Å². The number of carbonyl (C=O) groups is 2. The van der Waals surface area contributed by atoms with Gasteiger partial charge in [-0.25, -0.2) is 0 Å². The Bertz CT molecular complexity index is 1610. The lowest BCUT2D eigenvalue weighted by atomic mass is 9.92. The van der Waals surface area contributed by atoms with E-state index in [4.69, 9.17) is 16.3 Å². The van der Waals surface area contributed by atoms with E-state index in [1.807, 2.05) is 70.2 Å². The van der Waals surface area contributed by atoms with Crippen LogP contribution in [0.5, 0.6) is 5.75 Å². The molecule has 188 valence electrons. The molecule has 4 aromatic rings. The number of halogens is 1. The van der Waals surface area contributed by atoms with Gasteiger partial charge in [0.1, 0.15) is 11.5 Å². The fourth-order valence-electron chi connectivity index (χ4n) is 5.37. The standard InChI is InChI=1S/C30H27ClN2O4/c1-15-10-16(2)12-19(11-15)33-26(24-18(4)32-23-9-7-6-8-20(23)24)25(28(35)30(33)36)27(34)21-13-17(3)14-22(31)29(21)37-5/h6-14,26,32,34H,1-5H3/b27-25+. The van der Waals surface area contributed by atoms with Crippen molar-refractivity contribution in [3.05, 3.63) is 98.7 Å². The molecule has 7 heteroatoms. The third kappa shape index (κ3) is 3.98. The molecule has 1 aliphatic rings. The summed E-state index contributed by atoms with van der Waals surface area (Å²) < 4.78 is 5.49. The van der Waals surface area contributed by atoms with Crippen molar-refractivity contribution in [3.8, 4) is 5.75 Å². The number of aryl methyl sites for hydroxylation is 4. The molecule has 1 saturated heterocycles. The van der Waals surface area contributed by atoms with Gasteiger partial charge < -0.3 is 14.8 Å². The average Bonchev–Trinajstić information content (AvgIpc) is 3.29. The Morgan fingerprint density at radius 2 is 1.62 bits per heavy atom.